The molecule has 2 heterocycles. The van der Waals surface area contributed by atoms with Gasteiger partial charge in [-0.1, -0.05) is 13.8 Å². The lowest BCUT2D eigenvalue weighted by Gasteiger charge is -2.37. The maximum atomic E-state index is 12.4. The molecule has 5 nitrogen and oxygen atoms in total. The van der Waals surface area contributed by atoms with Gasteiger partial charge in [-0.15, -0.1) is 0 Å². The quantitative estimate of drug-likeness (QED) is 0.940. The smallest absolute Gasteiger partial charge is 0.251 e. The van der Waals surface area contributed by atoms with E-state index in [0.717, 1.165) is 31.6 Å². The lowest BCUT2D eigenvalue weighted by Crippen LogP contribution is -2.40. The summed E-state index contributed by atoms with van der Waals surface area (Å²) in [6.45, 7) is 8.53. The van der Waals surface area contributed by atoms with E-state index < -0.39 is 0 Å². The first-order valence-electron chi connectivity index (χ1n) is 8.19. The largest absolute Gasteiger partial charge is 0.441 e. The zero-order valence-electron chi connectivity index (χ0n) is 14.0. The van der Waals surface area contributed by atoms with Crippen LogP contribution in [0, 0.1) is 18.3 Å². The molecule has 0 atom stereocenters. The van der Waals surface area contributed by atoms with Gasteiger partial charge in [0, 0.05) is 32.2 Å². The van der Waals surface area contributed by atoms with Crippen LogP contribution in [0.5, 0.6) is 0 Å². The van der Waals surface area contributed by atoms with E-state index in [1.54, 1.807) is 19.1 Å². The Labute approximate surface area is 136 Å². The van der Waals surface area contributed by atoms with Gasteiger partial charge in [-0.3, -0.25) is 4.79 Å². The van der Waals surface area contributed by atoms with Gasteiger partial charge in [-0.05, 0) is 42.4 Å². The van der Waals surface area contributed by atoms with Gasteiger partial charge in [0.2, 0.25) is 0 Å². The molecule has 0 radical (unpaired) electrons. The normalized spacial score (nSPS) is 16.7. The highest BCUT2D eigenvalue weighted by molar-refractivity contribution is 5.97. The van der Waals surface area contributed by atoms with Crippen LogP contribution in [0.3, 0.4) is 0 Å². The molecule has 5 heteroatoms. The second-order valence-corrected chi connectivity index (χ2v) is 6.97. The number of hydrogen-bond acceptors (Lipinski definition) is 4. The van der Waals surface area contributed by atoms with Crippen LogP contribution < -0.4 is 5.32 Å². The summed E-state index contributed by atoms with van der Waals surface area (Å²) in [6, 6.07) is 5.37. The number of amides is 1. The standard InChI is InChI=1S/C18H24N2O3/c1-12-20-15-5-4-13(10-16(15)23-12)17(21)19-11-18(2,3)14-6-8-22-9-7-14/h4-5,10,14H,6-9,11H2,1-3H3,(H,19,21). The van der Waals surface area contributed by atoms with E-state index in [1.165, 1.54) is 0 Å². The lowest BCUT2D eigenvalue weighted by atomic mass is 9.74. The van der Waals surface area contributed by atoms with E-state index in [4.69, 9.17) is 9.15 Å². The summed E-state index contributed by atoms with van der Waals surface area (Å²) in [5.74, 6) is 1.12. The first kappa shape index (κ1) is 16.0. The van der Waals surface area contributed by atoms with E-state index in [9.17, 15) is 4.79 Å². The van der Waals surface area contributed by atoms with E-state index in [1.807, 2.05) is 6.07 Å². The van der Waals surface area contributed by atoms with Gasteiger partial charge in [-0.25, -0.2) is 4.98 Å². The van der Waals surface area contributed by atoms with Crippen molar-refractivity contribution in [2.45, 2.75) is 33.6 Å². The molecule has 0 bridgehead atoms. The molecule has 1 aliphatic heterocycles. The Kier molecular flexibility index (Phi) is 4.39. The average molecular weight is 316 g/mol. The van der Waals surface area contributed by atoms with E-state index in [-0.39, 0.29) is 11.3 Å². The summed E-state index contributed by atoms with van der Waals surface area (Å²) < 4.78 is 10.9. The van der Waals surface area contributed by atoms with E-state index in [0.29, 0.717) is 29.5 Å². The Balaban J connectivity index is 1.65. The predicted octanol–water partition coefficient (Wildman–Crippen LogP) is 3.32. The Morgan fingerprint density at radius 3 is 2.83 bits per heavy atom. The summed E-state index contributed by atoms with van der Waals surface area (Å²) in [5.41, 5.74) is 2.10. The van der Waals surface area contributed by atoms with E-state index >= 15 is 0 Å². The van der Waals surface area contributed by atoms with Crippen molar-refractivity contribution in [2.75, 3.05) is 19.8 Å². The monoisotopic (exact) mass is 316 g/mol. The van der Waals surface area contributed by atoms with Crippen LogP contribution in [-0.2, 0) is 4.74 Å². The number of nitrogens with zero attached hydrogens (tertiary/aromatic N) is 1. The molecule has 1 N–H and O–H groups in total. The Morgan fingerprint density at radius 1 is 1.35 bits per heavy atom. The summed E-state index contributed by atoms with van der Waals surface area (Å²) in [4.78, 5) is 16.7. The summed E-state index contributed by atoms with van der Waals surface area (Å²) in [5, 5.41) is 3.07. The lowest BCUT2D eigenvalue weighted by molar-refractivity contribution is 0.0228. The number of hydrogen-bond donors (Lipinski definition) is 1. The third-order valence-electron chi connectivity index (χ3n) is 4.79. The molecule has 3 rings (SSSR count). The fourth-order valence-corrected chi connectivity index (χ4v) is 3.21. The number of carbonyl (C=O) groups excluding carboxylic acids is 1. The molecule has 1 aromatic heterocycles. The minimum atomic E-state index is -0.0684. The van der Waals surface area contributed by atoms with Gasteiger partial charge in [0.05, 0.1) is 0 Å². The van der Waals surface area contributed by atoms with Gasteiger partial charge in [-0.2, -0.15) is 0 Å². The molecule has 1 saturated heterocycles. The van der Waals surface area contributed by atoms with Crippen molar-refractivity contribution in [3.8, 4) is 0 Å². The molecule has 124 valence electrons. The summed E-state index contributed by atoms with van der Waals surface area (Å²) in [7, 11) is 0. The van der Waals surface area contributed by atoms with Gasteiger partial charge in [0.1, 0.15) is 5.52 Å². The van der Waals surface area contributed by atoms with Crippen molar-refractivity contribution < 1.29 is 13.9 Å². The molecule has 0 aliphatic carbocycles. The highest BCUT2D eigenvalue weighted by Crippen LogP contribution is 2.33. The first-order valence-corrected chi connectivity index (χ1v) is 8.19. The van der Waals surface area contributed by atoms with Crippen LogP contribution in [0.1, 0.15) is 42.9 Å². The highest BCUT2D eigenvalue weighted by Gasteiger charge is 2.31. The number of aryl methyl sites for hydroxylation is 1. The predicted molar refractivity (Wildman–Crippen MR) is 88.4 cm³/mol. The van der Waals surface area contributed by atoms with Crippen LogP contribution in [0.15, 0.2) is 22.6 Å². The molecule has 23 heavy (non-hydrogen) atoms. The van der Waals surface area contributed by atoms with Crippen molar-refractivity contribution in [1.82, 2.24) is 10.3 Å². The molecule has 0 spiro atoms. The van der Waals surface area contributed by atoms with Crippen LogP contribution in [-0.4, -0.2) is 30.6 Å². The number of rotatable bonds is 4. The molecule has 0 saturated carbocycles. The Bertz CT molecular complexity index is 699. The molecular weight excluding hydrogens is 292 g/mol. The van der Waals surface area contributed by atoms with Crippen molar-refractivity contribution in [2.24, 2.45) is 11.3 Å². The molecule has 2 aromatic rings. The van der Waals surface area contributed by atoms with Crippen molar-refractivity contribution in [3.63, 3.8) is 0 Å². The van der Waals surface area contributed by atoms with E-state index in [2.05, 4.69) is 24.1 Å². The number of benzene rings is 1. The SMILES string of the molecule is Cc1nc2ccc(C(=O)NCC(C)(C)C3CCOCC3)cc2o1. The number of fused-ring (bicyclic) bond motifs is 1. The highest BCUT2D eigenvalue weighted by atomic mass is 16.5. The fraction of sp³-hybridized carbons (Fsp3) is 0.556. The van der Waals surface area contributed by atoms with Gasteiger partial charge < -0.3 is 14.5 Å². The second-order valence-electron chi connectivity index (χ2n) is 6.97. The number of carbonyl (C=O) groups is 1. The third-order valence-corrected chi connectivity index (χ3v) is 4.79. The second kappa shape index (κ2) is 6.32. The minimum absolute atomic E-state index is 0.0619. The summed E-state index contributed by atoms with van der Waals surface area (Å²) >= 11 is 0. The molecule has 1 amide bonds. The third kappa shape index (κ3) is 3.55. The Hall–Kier alpha value is -1.88. The van der Waals surface area contributed by atoms with Crippen LogP contribution in [0.2, 0.25) is 0 Å². The van der Waals surface area contributed by atoms with Crippen molar-refractivity contribution >= 4 is 17.0 Å². The van der Waals surface area contributed by atoms with Crippen LogP contribution >= 0.6 is 0 Å². The topological polar surface area (TPSA) is 64.4 Å². The summed E-state index contributed by atoms with van der Waals surface area (Å²) in [6.07, 6.45) is 2.12. The maximum absolute atomic E-state index is 12.4. The number of aromatic nitrogens is 1. The maximum Gasteiger partial charge on any atom is 0.251 e. The zero-order chi connectivity index (χ0) is 16.4. The first-order chi connectivity index (χ1) is 11.0. The average Bonchev–Trinajstić information content (AvgIpc) is 2.92. The zero-order valence-corrected chi connectivity index (χ0v) is 14.0. The van der Waals surface area contributed by atoms with Crippen molar-refractivity contribution in [3.05, 3.63) is 29.7 Å². The number of nitrogens with one attached hydrogen (secondary N) is 1. The van der Waals surface area contributed by atoms with Crippen LogP contribution in [0.25, 0.3) is 11.1 Å². The van der Waals surface area contributed by atoms with Crippen LogP contribution in [0.4, 0.5) is 0 Å². The number of ether oxygens (including phenoxy) is 1. The van der Waals surface area contributed by atoms with Gasteiger partial charge in [0.15, 0.2) is 11.5 Å². The molecule has 1 aliphatic rings. The molecule has 0 unspecified atom stereocenters. The van der Waals surface area contributed by atoms with Crippen molar-refractivity contribution in [1.29, 1.82) is 0 Å². The molecular formula is C18H24N2O3. The number of oxazole rings is 1. The minimum Gasteiger partial charge on any atom is -0.441 e. The molecule has 1 aromatic carbocycles. The van der Waals surface area contributed by atoms with Gasteiger partial charge >= 0.3 is 0 Å². The Morgan fingerprint density at radius 2 is 2.09 bits per heavy atom. The van der Waals surface area contributed by atoms with Gasteiger partial charge in [0.25, 0.3) is 5.91 Å². The molecule has 1 fully saturated rings. The fourth-order valence-electron chi connectivity index (χ4n) is 3.21.